The van der Waals surface area contributed by atoms with Crippen molar-refractivity contribution in [2.24, 2.45) is 5.92 Å². The van der Waals surface area contributed by atoms with E-state index in [-0.39, 0.29) is 11.9 Å². The maximum atomic E-state index is 12.1. The Morgan fingerprint density at radius 2 is 2.16 bits per heavy atom. The Bertz CT molecular complexity index is 262. The van der Waals surface area contributed by atoms with Crippen molar-refractivity contribution in [2.45, 2.75) is 59.0 Å². The summed E-state index contributed by atoms with van der Waals surface area (Å²) in [5, 5.41) is 6.53. The van der Waals surface area contributed by atoms with Crippen LogP contribution in [0.25, 0.3) is 0 Å². The van der Waals surface area contributed by atoms with E-state index in [1.165, 1.54) is 12.8 Å². The minimum Gasteiger partial charge on any atom is -0.355 e. The molecule has 1 heterocycles. The molecule has 4 heteroatoms. The molecule has 1 saturated heterocycles. The van der Waals surface area contributed by atoms with Crippen LogP contribution in [-0.4, -0.2) is 49.1 Å². The second-order valence-electron chi connectivity index (χ2n) is 6.11. The highest BCUT2D eigenvalue weighted by molar-refractivity contribution is 5.81. The van der Waals surface area contributed by atoms with Gasteiger partial charge in [-0.05, 0) is 38.6 Å². The van der Waals surface area contributed by atoms with Gasteiger partial charge in [0.1, 0.15) is 0 Å². The second-order valence-corrected chi connectivity index (χ2v) is 6.11. The van der Waals surface area contributed by atoms with Gasteiger partial charge in [-0.3, -0.25) is 9.69 Å². The standard InChI is InChI=1S/C15H31N3O/c1-5-8-17-15(19)13(4)18(10-12(2)3)11-14-7-6-9-16-14/h12-14,16H,5-11H2,1-4H3,(H,17,19). The number of hydrogen-bond acceptors (Lipinski definition) is 3. The second kappa shape index (κ2) is 8.54. The average Bonchev–Trinajstić information content (AvgIpc) is 2.86. The molecule has 112 valence electrons. The first-order valence-electron chi connectivity index (χ1n) is 7.79. The van der Waals surface area contributed by atoms with Crippen LogP contribution in [0.3, 0.4) is 0 Å². The number of nitrogens with zero attached hydrogens (tertiary/aromatic N) is 1. The Morgan fingerprint density at radius 3 is 2.68 bits per heavy atom. The summed E-state index contributed by atoms with van der Waals surface area (Å²) in [6.45, 7) is 12.4. The Balaban J connectivity index is 2.52. The van der Waals surface area contributed by atoms with Crippen LogP contribution in [0.15, 0.2) is 0 Å². The SMILES string of the molecule is CCCNC(=O)C(C)N(CC(C)C)CC1CCCN1. The molecule has 1 aliphatic heterocycles. The van der Waals surface area contributed by atoms with E-state index in [2.05, 4.69) is 36.3 Å². The molecule has 0 spiro atoms. The van der Waals surface area contributed by atoms with Crippen LogP contribution < -0.4 is 10.6 Å². The predicted octanol–water partition coefficient (Wildman–Crippen LogP) is 1.61. The number of carbonyl (C=O) groups excluding carboxylic acids is 1. The summed E-state index contributed by atoms with van der Waals surface area (Å²) in [5.74, 6) is 0.753. The number of hydrogen-bond donors (Lipinski definition) is 2. The maximum absolute atomic E-state index is 12.1. The van der Waals surface area contributed by atoms with E-state index in [0.29, 0.717) is 12.0 Å². The molecule has 4 nitrogen and oxygen atoms in total. The van der Waals surface area contributed by atoms with Crippen molar-refractivity contribution in [3.8, 4) is 0 Å². The van der Waals surface area contributed by atoms with E-state index in [1.54, 1.807) is 0 Å². The zero-order chi connectivity index (χ0) is 14.3. The molecule has 0 aromatic rings. The molecule has 0 aliphatic carbocycles. The van der Waals surface area contributed by atoms with Gasteiger partial charge in [0.25, 0.3) is 0 Å². The molecule has 1 fully saturated rings. The van der Waals surface area contributed by atoms with Gasteiger partial charge in [-0.25, -0.2) is 0 Å². The van der Waals surface area contributed by atoms with Gasteiger partial charge < -0.3 is 10.6 Å². The summed E-state index contributed by atoms with van der Waals surface area (Å²) < 4.78 is 0. The molecular formula is C15H31N3O. The zero-order valence-corrected chi connectivity index (χ0v) is 13.0. The van der Waals surface area contributed by atoms with Gasteiger partial charge in [-0.2, -0.15) is 0 Å². The van der Waals surface area contributed by atoms with Crippen molar-refractivity contribution < 1.29 is 4.79 Å². The fourth-order valence-electron chi connectivity index (χ4n) is 2.62. The minimum atomic E-state index is -0.0312. The molecule has 0 radical (unpaired) electrons. The monoisotopic (exact) mass is 269 g/mol. The van der Waals surface area contributed by atoms with Crippen molar-refractivity contribution in [1.82, 2.24) is 15.5 Å². The highest BCUT2D eigenvalue weighted by Crippen LogP contribution is 2.11. The first-order chi connectivity index (χ1) is 9.04. The van der Waals surface area contributed by atoms with Gasteiger partial charge in [0.15, 0.2) is 0 Å². The first kappa shape index (κ1) is 16.4. The lowest BCUT2D eigenvalue weighted by Crippen LogP contribution is -2.50. The Labute approximate surface area is 118 Å². The zero-order valence-electron chi connectivity index (χ0n) is 13.0. The molecule has 1 amide bonds. The van der Waals surface area contributed by atoms with Crippen LogP contribution in [0, 0.1) is 5.92 Å². The Morgan fingerprint density at radius 1 is 1.42 bits per heavy atom. The summed E-state index contributed by atoms with van der Waals surface area (Å²) in [6.07, 6.45) is 3.49. The summed E-state index contributed by atoms with van der Waals surface area (Å²) in [4.78, 5) is 14.5. The number of amides is 1. The third-order valence-electron chi connectivity index (χ3n) is 3.69. The number of carbonyl (C=O) groups is 1. The van der Waals surface area contributed by atoms with E-state index in [9.17, 15) is 4.79 Å². The van der Waals surface area contributed by atoms with Crippen molar-refractivity contribution in [3.05, 3.63) is 0 Å². The van der Waals surface area contributed by atoms with E-state index in [1.807, 2.05) is 6.92 Å². The summed E-state index contributed by atoms with van der Waals surface area (Å²) in [5.41, 5.74) is 0. The van der Waals surface area contributed by atoms with Gasteiger partial charge in [0.2, 0.25) is 5.91 Å². The normalized spacial score (nSPS) is 21.1. The van der Waals surface area contributed by atoms with Crippen LogP contribution in [-0.2, 0) is 4.79 Å². The van der Waals surface area contributed by atoms with Crippen LogP contribution in [0.5, 0.6) is 0 Å². The smallest absolute Gasteiger partial charge is 0.237 e. The average molecular weight is 269 g/mol. The third kappa shape index (κ3) is 5.91. The summed E-state index contributed by atoms with van der Waals surface area (Å²) >= 11 is 0. The van der Waals surface area contributed by atoms with Crippen LogP contribution in [0.1, 0.15) is 47.0 Å². The lowest BCUT2D eigenvalue weighted by Gasteiger charge is -2.32. The van der Waals surface area contributed by atoms with Gasteiger partial charge in [-0.15, -0.1) is 0 Å². The Kier molecular flexibility index (Phi) is 7.39. The molecule has 0 aromatic heterocycles. The van der Waals surface area contributed by atoms with E-state index >= 15 is 0 Å². The third-order valence-corrected chi connectivity index (χ3v) is 3.69. The quantitative estimate of drug-likeness (QED) is 0.704. The number of rotatable bonds is 8. The van der Waals surface area contributed by atoms with E-state index in [0.717, 1.165) is 32.6 Å². The van der Waals surface area contributed by atoms with Crippen molar-refractivity contribution >= 4 is 5.91 Å². The minimum absolute atomic E-state index is 0.0312. The molecule has 1 rings (SSSR count). The van der Waals surface area contributed by atoms with Crippen molar-refractivity contribution in [1.29, 1.82) is 0 Å². The van der Waals surface area contributed by atoms with Crippen molar-refractivity contribution in [3.63, 3.8) is 0 Å². The molecule has 0 saturated carbocycles. The summed E-state index contributed by atoms with van der Waals surface area (Å²) in [6, 6.07) is 0.525. The summed E-state index contributed by atoms with van der Waals surface area (Å²) in [7, 11) is 0. The molecule has 2 N–H and O–H groups in total. The van der Waals surface area contributed by atoms with Gasteiger partial charge >= 0.3 is 0 Å². The molecular weight excluding hydrogens is 238 g/mol. The molecule has 2 atom stereocenters. The maximum Gasteiger partial charge on any atom is 0.237 e. The lowest BCUT2D eigenvalue weighted by molar-refractivity contribution is -0.126. The van der Waals surface area contributed by atoms with Crippen molar-refractivity contribution in [2.75, 3.05) is 26.2 Å². The van der Waals surface area contributed by atoms with Crippen LogP contribution in [0.2, 0.25) is 0 Å². The lowest BCUT2D eigenvalue weighted by atomic mass is 10.1. The predicted molar refractivity (Wildman–Crippen MR) is 80.2 cm³/mol. The highest BCUT2D eigenvalue weighted by atomic mass is 16.2. The highest BCUT2D eigenvalue weighted by Gasteiger charge is 2.25. The first-order valence-corrected chi connectivity index (χ1v) is 7.79. The van der Waals surface area contributed by atoms with Gasteiger partial charge in [-0.1, -0.05) is 20.8 Å². The van der Waals surface area contributed by atoms with Gasteiger partial charge in [0.05, 0.1) is 6.04 Å². The topological polar surface area (TPSA) is 44.4 Å². The number of nitrogens with one attached hydrogen (secondary N) is 2. The van der Waals surface area contributed by atoms with E-state index < -0.39 is 0 Å². The molecule has 2 unspecified atom stereocenters. The molecule has 0 bridgehead atoms. The van der Waals surface area contributed by atoms with Crippen LogP contribution >= 0.6 is 0 Å². The Hall–Kier alpha value is -0.610. The molecule has 1 aliphatic rings. The van der Waals surface area contributed by atoms with E-state index in [4.69, 9.17) is 0 Å². The fourth-order valence-corrected chi connectivity index (χ4v) is 2.62. The van der Waals surface area contributed by atoms with Gasteiger partial charge in [0, 0.05) is 25.7 Å². The fraction of sp³-hybridized carbons (Fsp3) is 0.933. The van der Waals surface area contributed by atoms with Crippen LogP contribution in [0.4, 0.5) is 0 Å². The molecule has 0 aromatic carbocycles. The largest absolute Gasteiger partial charge is 0.355 e. The molecule has 19 heavy (non-hydrogen) atoms.